The van der Waals surface area contributed by atoms with E-state index in [1.54, 1.807) is 30.3 Å². The van der Waals surface area contributed by atoms with Gasteiger partial charge in [0.1, 0.15) is 11.5 Å². The van der Waals surface area contributed by atoms with E-state index in [0.717, 1.165) is 19.3 Å². The Morgan fingerprint density at radius 2 is 1.67 bits per heavy atom. The van der Waals surface area contributed by atoms with Gasteiger partial charge in [0, 0.05) is 17.6 Å². The topological polar surface area (TPSA) is 67.9 Å². The van der Waals surface area contributed by atoms with Crippen LogP contribution >= 0.6 is 0 Å². The number of nitrogens with zero attached hydrogens (tertiary/aromatic N) is 1. The quantitative estimate of drug-likeness (QED) is 0.729. The molecule has 0 saturated carbocycles. The minimum Gasteiger partial charge on any atom is -0.492 e. The van der Waals surface area contributed by atoms with Gasteiger partial charge in [-0.1, -0.05) is 12.1 Å². The SMILES string of the molecule is CCOc1ccccc1NC(=O)c1ccc(OCC(=O)N2[C@@H](C)CCC[C@@H]2C)cc1. The zero-order chi connectivity index (χ0) is 21.5. The number of hydrogen-bond donors (Lipinski definition) is 1. The van der Waals surface area contributed by atoms with Gasteiger partial charge in [-0.25, -0.2) is 0 Å². The molecule has 1 aliphatic heterocycles. The maximum Gasteiger partial charge on any atom is 0.260 e. The van der Waals surface area contributed by atoms with Crippen LogP contribution in [0.1, 0.15) is 50.4 Å². The Labute approximate surface area is 178 Å². The van der Waals surface area contributed by atoms with E-state index < -0.39 is 0 Å². The highest BCUT2D eigenvalue weighted by atomic mass is 16.5. The highest BCUT2D eigenvalue weighted by Gasteiger charge is 2.28. The Morgan fingerprint density at radius 3 is 2.33 bits per heavy atom. The summed E-state index contributed by atoms with van der Waals surface area (Å²) in [5.74, 6) is 0.963. The van der Waals surface area contributed by atoms with E-state index in [0.29, 0.717) is 29.4 Å². The zero-order valence-corrected chi connectivity index (χ0v) is 17.9. The number of likely N-dealkylation sites (tertiary alicyclic amines) is 1. The van der Waals surface area contributed by atoms with Crippen molar-refractivity contribution < 1.29 is 19.1 Å². The van der Waals surface area contributed by atoms with Gasteiger partial charge in [0.25, 0.3) is 11.8 Å². The molecule has 1 fully saturated rings. The van der Waals surface area contributed by atoms with E-state index in [1.807, 2.05) is 30.0 Å². The van der Waals surface area contributed by atoms with Gasteiger partial charge in [-0.2, -0.15) is 0 Å². The number of hydrogen-bond acceptors (Lipinski definition) is 4. The third-order valence-corrected chi connectivity index (χ3v) is 5.40. The number of carbonyl (C=O) groups is 2. The van der Waals surface area contributed by atoms with Crippen LogP contribution < -0.4 is 14.8 Å². The third-order valence-electron chi connectivity index (χ3n) is 5.40. The summed E-state index contributed by atoms with van der Waals surface area (Å²) >= 11 is 0. The molecule has 0 spiro atoms. The number of carbonyl (C=O) groups excluding carboxylic acids is 2. The zero-order valence-electron chi connectivity index (χ0n) is 17.9. The highest BCUT2D eigenvalue weighted by molar-refractivity contribution is 6.05. The number of benzene rings is 2. The Balaban J connectivity index is 1.57. The Kier molecular flexibility index (Phi) is 7.33. The van der Waals surface area contributed by atoms with Gasteiger partial charge in [-0.15, -0.1) is 0 Å². The summed E-state index contributed by atoms with van der Waals surface area (Å²) in [5.41, 5.74) is 1.12. The molecule has 2 aromatic carbocycles. The van der Waals surface area contributed by atoms with Crippen LogP contribution in [0.5, 0.6) is 11.5 Å². The van der Waals surface area contributed by atoms with Crippen LogP contribution in [-0.2, 0) is 4.79 Å². The van der Waals surface area contributed by atoms with Crippen LogP contribution in [0.4, 0.5) is 5.69 Å². The molecule has 0 aliphatic carbocycles. The first-order valence-corrected chi connectivity index (χ1v) is 10.6. The lowest BCUT2D eigenvalue weighted by atomic mass is 9.97. The summed E-state index contributed by atoms with van der Waals surface area (Å²) in [6.07, 6.45) is 3.23. The molecule has 3 rings (SSSR count). The molecule has 2 amide bonds. The molecule has 6 nitrogen and oxygen atoms in total. The van der Waals surface area contributed by atoms with Gasteiger partial charge >= 0.3 is 0 Å². The fraction of sp³-hybridized carbons (Fsp3) is 0.417. The second-order valence-electron chi connectivity index (χ2n) is 7.63. The summed E-state index contributed by atoms with van der Waals surface area (Å²) in [5, 5.41) is 2.87. The Morgan fingerprint density at radius 1 is 1.00 bits per heavy atom. The largest absolute Gasteiger partial charge is 0.492 e. The molecule has 1 saturated heterocycles. The van der Waals surface area contributed by atoms with Crippen molar-refractivity contribution in [2.75, 3.05) is 18.5 Å². The minimum absolute atomic E-state index is 0.00194. The van der Waals surface area contributed by atoms with Gasteiger partial charge in [0.15, 0.2) is 6.61 Å². The first-order valence-electron chi connectivity index (χ1n) is 10.6. The molecule has 2 aromatic rings. The van der Waals surface area contributed by atoms with Crippen molar-refractivity contribution >= 4 is 17.5 Å². The van der Waals surface area contributed by atoms with Crippen molar-refractivity contribution in [1.82, 2.24) is 4.90 Å². The second kappa shape index (κ2) is 10.1. The van der Waals surface area contributed by atoms with E-state index in [4.69, 9.17) is 9.47 Å². The maximum absolute atomic E-state index is 12.6. The second-order valence-corrected chi connectivity index (χ2v) is 7.63. The molecular formula is C24H30N2O4. The molecule has 1 N–H and O–H groups in total. The molecule has 2 atom stereocenters. The lowest BCUT2D eigenvalue weighted by Gasteiger charge is -2.38. The summed E-state index contributed by atoms with van der Waals surface area (Å²) in [6, 6.07) is 14.6. The molecule has 0 radical (unpaired) electrons. The first kappa shape index (κ1) is 21.7. The van der Waals surface area contributed by atoms with Crippen molar-refractivity contribution in [2.45, 2.75) is 52.1 Å². The normalized spacial score (nSPS) is 18.6. The van der Waals surface area contributed by atoms with Crippen LogP contribution in [0.2, 0.25) is 0 Å². The fourth-order valence-corrected chi connectivity index (χ4v) is 3.88. The lowest BCUT2D eigenvalue weighted by molar-refractivity contribution is -0.139. The van der Waals surface area contributed by atoms with Crippen LogP contribution in [-0.4, -0.2) is 42.0 Å². The number of ether oxygens (including phenoxy) is 2. The van der Waals surface area contributed by atoms with Crippen molar-refractivity contribution in [3.05, 3.63) is 54.1 Å². The van der Waals surface area contributed by atoms with Crippen LogP contribution in [0.25, 0.3) is 0 Å². The average molecular weight is 411 g/mol. The van der Waals surface area contributed by atoms with Gasteiger partial charge in [-0.05, 0) is 76.4 Å². The number of amides is 2. The molecule has 6 heteroatoms. The molecule has 30 heavy (non-hydrogen) atoms. The first-order chi connectivity index (χ1) is 14.5. The smallest absolute Gasteiger partial charge is 0.260 e. The van der Waals surface area contributed by atoms with E-state index >= 15 is 0 Å². The fourth-order valence-electron chi connectivity index (χ4n) is 3.88. The summed E-state index contributed by atoms with van der Waals surface area (Å²) in [7, 11) is 0. The molecule has 1 aliphatic rings. The van der Waals surface area contributed by atoms with Gasteiger partial charge in [0.05, 0.1) is 12.3 Å². The molecule has 1 heterocycles. The predicted molar refractivity (Wildman–Crippen MR) is 117 cm³/mol. The molecule has 0 unspecified atom stereocenters. The number of anilines is 1. The van der Waals surface area contributed by atoms with Gasteiger partial charge in [0.2, 0.25) is 0 Å². The van der Waals surface area contributed by atoms with Crippen LogP contribution in [0, 0.1) is 0 Å². The van der Waals surface area contributed by atoms with E-state index in [9.17, 15) is 9.59 Å². The number of rotatable bonds is 7. The predicted octanol–water partition coefficient (Wildman–Crippen LogP) is 4.51. The van der Waals surface area contributed by atoms with Gasteiger partial charge < -0.3 is 19.7 Å². The van der Waals surface area contributed by atoms with Crippen molar-refractivity contribution in [3.8, 4) is 11.5 Å². The molecule has 160 valence electrons. The molecule has 0 bridgehead atoms. The standard InChI is InChI=1S/C24H30N2O4/c1-4-29-22-11-6-5-10-21(22)25-24(28)19-12-14-20(15-13-19)30-16-23(27)26-17(2)8-7-9-18(26)3/h5-6,10-15,17-18H,4,7-9,16H2,1-3H3,(H,25,28)/t17-,18-/m0/s1. The maximum atomic E-state index is 12.6. The molecule has 0 aromatic heterocycles. The summed E-state index contributed by atoms with van der Waals surface area (Å²) in [6.45, 7) is 6.60. The number of nitrogens with one attached hydrogen (secondary N) is 1. The Hall–Kier alpha value is -3.02. The number of para-hydroxylation sites is 2. The summed E-state index contributed by atoms with van der Waals surface area (Å²) < 4.78 is 11.2. The monoisotopic (exact) mass is 410 g/mol. The lowest BCUT2D eigenvalue weighted by Crippen LogP contribution is -2.49. The van der Waals surface area contributed by atoms with Crippen LogP contribution in [0.3, 0.4) is 0 Å². The minimum atomic E-state index is -0.235. The third kappa shape index (κ3) is 5.32. The Bertz CT molecular complexity index is 856. The number of piperidine rings is 1. The summed E-state index contributed by atoms with van der Waals surface area (Å²) in [4.78, 5) is 27.1. The van der Waals surface area contributed by atoms with E-state index in [1.165, 1.54) is 0 Å². The van der Waals surface area contributed by atoms with Crippen molar-refractivity contribution in [3.63, 3.8) is 0 Å². The van der Waals surface area contributed by atoms with Crippen molar-refractivity contribution in [2.24, 2.45) is 0 Å². The average Bonchev–Trinajstić information content (AvgIpc) is 2.74. The van der Waals surface area contributed by atoms with E-state index in [-0.39, 0.29) is 30.5 Å². The molecular weight excluding hydrogens is 380 g/mol. The van der Waals surface area contributed by atoms with Gasteiger partial charge in [-0.3, -0.25) is 9.59 Å². The van der Waals surface area contributed by atoms with Crippen LogP contribution in [0.15, 0.2) is 48.5 Å². The van der Waals surface area contributed by atoms with Crippen molar-refractivity contribution in [1.29, 1.82) is 0 Å². The highest BCUT2D eigenvalue weighted by Crippen LogP contribution is 2.25. The van der Waals surface area contributed by atoms with E-state index in [2.05, 4.69) is 19.2 Å².